The third kappa shape index (κ3) is 5.24. The lowest BCUT2D eigenvalue weighted by molar-refractivity contribution is 0.476. The van der Waals surface area contributed by atoms with E-state index in [1.54, 1.807) is 6.20 Å². The molecule has 154 valence electrons. The summed E-state index contributed by atoms with van der Waals surface area (Å²) in [6, 6.07) is 15.5. The first-order valence-electron chi connectivity index (χ1n) is 9.74. The lowest BCUT2D eigenvalue weighted by Crippen LogP contribution is -2.15. The van der Waals surface area contributed by atoms with Gasteiger partial charge in [-0.15, -0.1) is 0 Å². The highest BCUT2D eigenvalue weighted by Gasteiger charge is 2.08. The average molecular weight is 402 g/mol. The number of rotatable bonds is 7. The lowest BCUT2D eigenvalue weighted by Gasteiger charge is -2.11. The molecule has 3 aromatic rings. The number of anilines is 1. The number of amidine groups is 1. The van der Waals surface area contributed by atoms with Crippen LogP contribution in [-0.4, -0.2) is 24.4 Å². The molecule has 0 aliphatic heterocycles. The highest BCUT2D eigenvalue weighted by Crippen LogP contribution is 2.29. The van der Waals surface area contributed by atoms with Gasteiger partial charge in [0.05, 0.1) is 11.9 Å². The number of aryl methyl sites for hydroxylation is 2. The van der Waals surface area contributed by atoms with Crippen LogP contribution < -0.4 is 21.5 Å². The Balaban J connectivity index is 1.86. The lowest BCUT2D eigenvalue weighted by atomic mass is 10.1. The molecule has 0 aliphatic carbocycles. The van der Waals surface area contributed by atoms with E-state index in [1.807, 2.05) is 81.6 Å². The van der Waals surface area contributed by atoms with Crippen molar-refractivity contribution in [3.8, 4) is 11.5 Å². The van der Waals surface area contributed by atoms with Crippen LogP contribution in [0.3, 0.4) is 0 Å². The second-order valence-electron chi connectivity index (χ2n) is 6.88. The maximum Gasteiger partial charge on any atom is 0.145 e. The average Bonchev–Trinajstić information content (AvgIpc) is 2.75. The summed E-state index contributed by atoms with van der Waals surface area (Å²) in [7, 11) is 1.86. The molecule has 3 rings (SSSR count). The van der Waals surface area contributed by atoms with Crippen molar-refractivity contribution in [2.75, 3.05) is 18.9 Å². The summed E-state index contributed by atoms with van der Waals surface area (Å²) in [5.74, 6) is 1.88. The Kier molecular flexibility index (Phi) is 6.83. The zero-order chi connectivity index (χ0) is 21.5. The predicted octanol–water partition coefficient (Wildman–Crippen LogP) is 4.54. The van der Waals surface area contributed by atoms with Crippen molar-refractivity contribution < 1.29 is 4.74 Å². The topological polar surface area (TPSA) is 98.5 Å². The molecule has 6 heteroatoms. The molecular formula is C24H27N5O. The normalized spacial score (nSPS) is 11.7. The molecule has 0 spiro atoms. The summed E-state index contributed by atoms with van der Waals surface area (Å²) in [5.41, 5.74) is 17.3. The summed E-state index contributed by atoms with van der Waals surface area (Å²) in [5, 5.41) is 3.16. The minimum Gasteiger partial charge on any atom is -0.455 e. The van der Waals surface area contributed by atoms with Crippen LogP contribution in [0, 0.1) is 13.8 Å². The van der Waals surface area contributed by atoms with Gasteiger partial charge in [0.2, 0.25) is 0 Å². The Hall–Kier alpha value is -3.64. The van der Waals surface area contributed by atoms with Crippen molar-refractivity contribution in [2.24, 2.45) is 16.5 Å². The van der Waals surface area contributed by atoms with Gasteiger partial charge < -0.3 is 21.5 Å². The Morgan fingerprint density at radius 2 is 1.97 bits per heavy atom. The van der Waals surface area contributed by atoms with Gasteiger partial charge in [0.15, 0.2) is 0 Å². The number of nitrogens with one attached hydrogen (secondary N) is 1. The largest absolute Gasteiger partial charge is 0.455 e. The van der Waals surface area contributed by atoms with E-state index in [0.29, 0.717) is 18.1 Å². The Bertz CT molecular complexity index is 1070. The fourth-order valence-electron chi connectivity index (χ4n) is 2.96. The number of ether oxygens (including phenoxy) is 1. The summed E-state index contributed by atoms with van der Waals surface area (Å²) >= 11 is 0. The number of benzene rings is 2. The van der Waals surface area contributed by atoms with E-state index < -0.39 is 0 Å². The van der Waals surface area contributed by atoms with Crippen LogP contribution in [0.4, 0.5) is 11.4 Å². The molecule has 0 saturated heterocycles. The zero-order valence-electron chi connectivity index (χ0n) is 17.5. The number of hydrogen-bond acceptors (Lipinski definition) is 5. The molecule has 1 aromatic heterocycles. The van der Waals surface area contributed by atoms with E-state index in [2.05, 4.69) is 15.3 Å². The van der Waals surface area contributed by atoms with Gasteiger partial charge in [-0.1, -0.05) is 18.2 Å². The molecule has 6 nitrogen and oxygen atoms in total. The molecule has 0 radical (unpaired) electrons. The van der Waals surface area contributed by atoms with Crippen molar-refractivity contribution in [1.82, 2.24) is 4.98 Å². The van der Waals surface area contributed by atoms with E-state index in [1.165, 1.54) is 0 Å². The Morgan fingerprint density at radius 3 is 2.63 bits per heavy atom. The summed E-state index contributed by atoms with van der Waals surface area (Å²) in [6.45, 7) is 4.40. The van der Waals surface area contributed by atoms with E-state index in [0.717, 1.165) is 39.5 Å². The summed E-state index contributed by atoms with van der Waals surface area (Å²) in [4.78, 5) is 8.87. The molecule has 0 atom stereocenters. The van der Waals surface area contributed by atoms with Gasteiger partial charge in [0, 0.05) is 30.5 Å². The fraction of sp³-hybridized carbons (Fsp3) is 0.167. The first kappa shape index (κ1) is 21.1. The molecule has 0 saturated carbocycles. The van der Waals surface area contributed by atoms with Gasteiger partial charge in [-0.3, -0.25) is 4.98 Å². The number of nitrogens with two attached hydrogens (primary N) is 2. The van der Waals surface area contributed by atoms with Crippen molar-refractivity contribution in [3.05, 3.63) is 83.2 Å². The number of aromatic nitrogens is 1. The third-order valence-corrected chi connectivity index (χ3v) is 4.56. The highest BCUT2D eigenvalue weighted by molar-refractivity contribution is 6.04. The van der Waals surface area contributed by atoms with Crippen LogP contribution in [0.5, 0.6) is 11.5 Å². The van der Waals surface area contributed by atoms with Crippen LogP contribution >= 0.6 is 0 Å². The molecule has 0 amide bonds. The monoisotopic (exact) mass is 401 g/mol. The van der Waals surface area contributed by atoms with Gasteiger partial charge in [-0.2, -0.15) is 0 Å². The van der Waals surface area contributed by atoms with Gasteiger partial charge in [0.25, 0.3) is 0 Å². The van der Waals surface area contributed by atoms with Gasteiger partial charge in [-0.05, 0) is 67.4 Å². The number of hydrogen-bond donors (Lipinski definition) is 3. The predicted molar refractivity (Wildman–Crippen MR) is 125 cm³/mol. The van der Waals surface area contributed by atoms with Crippen molar-refractivity contribution in [3.63, 3.8) is 0 Å². The van der Waals surface area contributed by atoms with Crippen molar-refractivity contribution in [1.29, 1.82) is 0 Å². The molecule has 30 heavy (non-hydrogen) atoms. The van der Waals surface area contributed by atoms with E-state index in [9.17, 15) is 0 Å². The SMILES string of the molecule is CNc1ccc(/C=C/CN)cc1C(N)=Nc1ccc(Oc2ccc(C)nc2)c(C)c1. The fourth-order valence-corrected chi connectivity index (χ4v) is 2.96. The maximum atomic E-state index is 6.35. The molecule has 0 unspecified atom stereocenters. The third-order valence-electron chi connectivity index (χ3n) is 4.56. The smallest absolute Gasteiger partial charge is 0.145 e. The minimum absolute atomic E-state index is 0.429. The van der Waals surface area contributed by atoms with Crippen LogP contribution in [0.15, 0.2) is 65.8 Å². The van der Waals surface area contributed by atoms with E-state index >= 15 is 0 Å². The van der Waals surface area contributed by atoms with Gasteiger partial charge in [0.1, 0.15) is 17.3 Å². The highest BCUT2D eigenvalue weighted by atomic mass is 16.5. The first-order valence-corrected chi connectivity index (χ1v) is 9.74. The van der Waals surface area contributed by atoms with Crippen LogP contribution in [-0.2, 0) is 0 Å². The van der Waals surface area contributed by atoms with Crippen molar-refractivity contribution in [2.45, 2.75) is 13.8 Å². The standard InChI is InChI=1S/C24H27N5O/c1-16-13-19(8-11-23(16)30-20-9-6-17(2)28-15-20)29-24(26)21-14-18(5-4-12-25)7-10-22(21)27-3/h4-11,13-15,27H,12,25H2,1-3H3,(H2,26,29)/b5-4+. The second-order valence-corrected chi connectivity index (χ2v) is 6.88. The molecule has 0 fully saturated rings. The minimum atomic E-state index is 0.429. The van der Waals surface area contributed by atoms with Crippen LogP contribution in [0.2, 0.25) is 0 Å². The number of aliphatic imine (C=N–C) groups is 1. The van der Waals surface area contributed by atoms with Crippen LogP contribution in [0.1, 0.15) is 22.4 Å². The van der Waals surface area contributed by atoms with E-state index in [4.69, 9.17) is 16.2 Å². The van der Waals surface area contributed by atoms with Gasteiger partial charge >= 0.3 is 0 Å². The quantitative estimate of drug-likeness (QED) is 0.399. The molecule has 5 N–H and O–H groups in total. The molecule has 0 bridgehead atoms. The second kappa shape index (κ2) is 9.71. The molecule has 1 heterocycles. The van der Waals surface area contributed by atoms with Gasteiger partial charge in [-0.25, -0.2) is 4.99 Å². The number of pyridine rings is 1. The van der Waals surface area contributed by atoms with Crippen molar-refractivity contribution >= 4 is 23.3 Å². The van der Waals surface area contributed by atoms with Crippen LogP contribution in [0.25, 0.3) is 6.08 Å². The Morgan fingerprint density at radius 1 is 1.13 bits per heavy atom. The molecule has 2 aromatic carbocycles. The zero-order valence-corrected chi connectivity index (χ0v) is 17.5. The van der Waals surface area contributed by atoms with E-state index in [-0.39, 0.29) is 0 Å². The first-order chi connectivity index (χ1) is 14.5. The summed E-state index contributed by atoms with van der Waals surface area (Å²) < 4.78 is 5.93. The molecular weight excluding hydrogens is 374 g/mol. The maximum absolute atomic E-state index is 6.35. The molecule has 0 aliphatic rings. The number of nitrogens with zero attached hydrogens (tertiary/aromatic N) is 2. The Labute approximate surface area is 177 Å². The summed E-state index contributed by atoms with van der Waals surface area (Å²) in [6.07, 6.45) is 5.58.